The molecule has 0 saturated heterocycles. The Morgan fingerprint density at radius 2 is 2.07 bits per heavy atom. The van der Waals surface area contributed by atoms with Crippen LogP contribution >= 0.6 is 0 Å². The van der Waals surface area contributed by atoms with E-state index in [4.69, 9.17) is 5.11 Å². The third-order valence-corrected chi connectivity index (χ3v) is 3.24. The minimum Gasteiger partial charge on any atom is -0.480 e. The second-order valence-electron chi connectivity index (χ2n) is 4.42. The van der Waals surface area contributed by atoms with Crippen LogP contribution in [-0.2, 0) is 9.59 Å². The van der Waals surface area contributed by atoms with Crippen molar-refractivity contribution in [2.75, 3.05) is 0 Å². The molecule has 0 heterocycles. The largest absolute Gasteiger partial charge is 0.480 e. The van der Waals surface area contributed by atoms with E-state index in [0.29, 0.717) is 0 Å². The molecule has 0 bridgehead atoms. The van der Waals surface area contributed by atoms with E-state index in [2.05, 4.69) is 5.32 Å². The van der Waals surface area contributed by atoms with Crippen LogP contribution in [0.2, 0.25) is 0 Å². The van der Waals surface area contributed by atoms with Gasteiger partial charge in [0.2, 0.25) is 5.91 Å². The summed E-state index contributed by atoms with van der Waals surface area (Å²) >= 11 is 0. The van der Waals surface area contributed by atoms with Crippen molar-refractivity contribution in [2.45, 2.75) is 52.0 Å². The average Bonchev–Trinajstić information content (AvgIpc) is 2.10. The lowest BCUT2D eigenvalue weighted by molar-refractivity contribution is -0.145. The van der Waals surface area contributed by atoms with Crippen LogP contribution in [0.15, 0.2) is 0 Å². The lowest BCUT2D eigenvalue weighted by Gasteiger charge is -2.40. The van der Waals surface area contributed by atoms with Gasteiger partial charge in [-0.15, -0.1) is 0 Å². The zero-order valence-electron chi connectivity index (χ0n) is 9.38. The Labute approximate surface area is 90.0 Å². The van der Waals surface area contributed by atoms with Crippen LogP contribution in [0.1, 0.15) is 46.0 Å². The summed E-state index contributed by atoms with van der Waals surface area (Å²) in [5, 5.41) is 11.3. The van der Waals surface area contributed by atoms with Crippen molar-refractivity contribution in [3.8, 4) is 0 Å². The van der Waals surface area contributed by atoms with Gasteiger partial charge in [0.25, 0.3) is 0 Å². The van der Waals surface area contributed by atoms with Crippen molar-refractivity contribution in [1.82, 2.24) is 5.32 Å². The van der Waals surface area contributed by atoms with Crippen molar-refractivity contribution in [1.29, 1.82) is 0 Å². The van der Waals surface area contributed by atoms with Crippen LogP contribution in [0.4, 0.5) is 0 Å². The Hall–Kier alpha value is -1.06. The van der Waals surface area contributed by atoms with Crippen LogP contribution in [0.5, 0.6) is 0 Å². The number of hydrogen-bond acceptors (Lipinski definition) is 2. The average molecular weight is 213 g/mol. The molecular formula is C11H19NO3. The Kier molecular flexibility index (Phi) is 3.72. The fourth-order valence-corrected chi connectivity index (χ4v) is 2.08. The smallest absolute Gasteiger partial charge is 0.325 e. The molecule has 0 aromatic carbocycles. The molecule has 2 N–H and O–H groups in total. The SMILES string of the molecule is CCCC1(C(=O)N[C@H](C)C(=O)O)CCC1. The molecule has 1 aliphatic carbocycles. The quantitative estimate of drug-likeness (QED) is 0.728. The number of nitrogens with one attached hydrogen (secondary N) is 1. The third-order valence-electron chi connectivity index (χ3n) is 3.24. The lowest BCUT2D eigenvalue weighted by Crippen LogP contribution is -2.50. The fourth-order valence-electron chi connectivity index (χ4n) is 2.08. The lowest BCUT2D eigenvalue weighted by atomic mass is 9.65. The molecule has 1 atom stereocenters. The van der Waals surface area contributed by atoms with Gasteiger partial charge in [-0.1, -0.05) is 19.8 Å². The first-order valence-corrected chi connectivity index (χ1v) is 5.55. The summed E-state index contributed by atoms with van der Waals surface area (Å²) in [5.74, 6) is -1.06. The number of carbonyl (C=O) groups excluding carboxylic acids is 1. The molecule has 4 nitrogen and oxygen atoms in total. The predicted octanol–water partition coefficient (Wildman–Crippen LogP) is 1.55. The van der Waals surface area contributed by atoms with Gasteiger partial charge in [0.15, 0.2) is 0 Å². The maximum absolute atomic E-state index is 11.9. The summed E-state index contributed by atoms with van der Waals surface area (Å²) in [5.41, 5.74) is -0.265. The summed E-state index contributed by atoms with van der Waals surface area (Å²) in [4.78, 5) is 22.5. The first-order chi connectivity index (χ1) is 7.02. The maximum Gasteiger partial charge on any atom is 0.325 e. The molecular weight excluding hydrogens is 194 g/mol. The van der Waals surface area contributed by atoms with Crippen LogP contribution < -0.4 is 5.32 Å². The number of rotatable bonds is 5. The molecule has 0 unspecified atom stereocenters. The van der Waals surface area contributed by atoms with Gasteiger partial charge in [-0.05, 0) is 26.2 Å². The summed E-state index contributed by atoms with van der Waals surface area (Å²) < 4.78 is 0. The van der Waals surface area contributed by atoms with E-state index in [9.17, 15) is 9.59 Å². The third kappa shape index (κ3) is 2.49. The second kappa shape index (κ2) is 4.64. The highest BCUT2D eigenvalue weighted by atomic mass is 16.4. The second-order valence-corrected chi connectivity index (χ2v) is 4.42. The van der Waals surface area contributed by atoms with E-state index in [-0.39, 0.29) is 11.3 Å². The standard InChI is InChI=1S/C11H19NO3/c1-3-5-11(6-4-7-11)10(15)12-8(2)9(13)14/h8H,3-7H2,1-2H3,(H,12,15)(H,13,14)/t8-/m1/s1. The van der Waals surface area contributed by atoms with Gasteiger partial charge >= 0.3 is 5.97 Å². The number of aliphatic carboxylic acids is 1. The Morgan fingerprint density at radius 1 is 1.47 bits per heavy atom. The predicted molar refractivity (Wildman–Crippen MR) is 56.4 cm³/mol. The number of hydrogen-bond donors (Lipinski definition) is 2. The fraction of sp³-hybridized carbons (Fsp3) is 0.818. The molecule has 0 radical (unpaired) electrons. The minimum absolute atomic E-state index is 0.0782. The molecule has 0 aromatic heterocycles. The van der Waals surface area contributed by atoms with Gasteiger partial charge in [0.05, 0.1) is 0 Å². The molecule has 1 fully saturated rings. The van der Waals surface area contributed by atoms with Crippen LogP contribution in [0.3, 0.4) is 0 Å². The Bertz CT molecular complexity index is 259. The van der Waals surface area contributed by atoms with Gasteiger partial charge in [-0.25, -0.2) is 0 Å². The Balaban J connectivity index is 2.54. The highest BCUT2D eigenvalue weighted by molar-refractivity contribution is 5.87. The summed E-state index contributed by atoms with van der Waals surface area (Å²) in [6.45, 7) is 3.55. The molecule has 86 valence electrons. The minimum atomic E-state index is -0.977. The van der Waals surface area contributed by atoms with Gasteiger partial charge in [-0.2, -0.15) is 0 Å². The van der Waals surface area contributed by atoms with E-state index >= 15 is 0 Å². The zero-order valence-corrected chi connectivity index (χ0v) is 9.38. The van der Waals surface area contributed by atoms with Crippen molar-refractivity contribution in [2.24, 2.45) is 5.41 Å². The Morgan fingerprint density at radius 3 is 2.40 bits per heavy atom. The van der Waals surface area contributed by atoms with Crippen molar-refractivity contribution < 1.29 is 14.7 Å². The van der Waals surface area contributed by atoms with Crippen molar-refractivity contribution >= 4 is 11.9 Å². The van der Waals surface area contributed by atoms with E-state index in [1.165, 1.54) is 6.92 Å². The van der Waals surface area contributed by atoms with Crippen molar-refractivity contribution in [3.05, 3.63) is 0 Å². The molecule has 0 aromatic rings. The van der Waals surface area contributed by atoms with Crippen LogP contribution in [-0.4, -0.2) is 23.0 Å². The molecule has 1 rings (SSSR count). The normalized spacial score (nSPS) is 20.1. The number of carboxylic acid groups (broad SMARTS) is 1. The van der Waals surface area contributed by atoms with Crippen LogP contribution in [0, 0.1) is 5.41 Å². The van der Waals surface area contributed by atoms with Crippen molar-refractivity contribution in [3.63, 3.8) is 0 Å². The maximum atomic E-state index is 11.9. The highest BCUT2D eigenvalue weighted by Gasteiger charge is 2.43. The van der Waals surface area contributed by atoms with Gasteiger partial charge in [-0.3, -0.25) is 9.59 Å². The van der Waals surface area contributed by atoms with Gasteiger partial charge in [0, 0.05) is 5.41 Å². The molecule has 1 aliphatic rings. The monoisotopic (exact) mass is 213 g/mol. The molecule has 1 saturated carbocycles. The van der Waals surface area contributed by atoms with Gasteiger partial charge in [0.1, 0.15) is 6.04 Å². The van der Waals surface area contributed by atoms with Gasteiger partial charge < -0.3 is 10.4 Å². The van der Waals surface area contributed by atoms with E-state index in [1.54, 1.807) is 0 Å². The molecule has 0 spiro atoms. The summed E-state index contributed by atoms with van der Waals surface area (Å²) in [6, 6.07) is -0.785. The van der Waals surface area contributed by atoms with E-state index < -0.39 is 12.0 Å². The summed E-state index contributed by atoms with van der Waals surface area (Å²) in [6.07, 6.45) is 4.72. The van der Waals surface area contributed by atoms with Crippen LogP contribution in [0.25, 0.3) is 0 Å². The number of carboxylic acids is 1. The molecule has 15 heavy (non-hydrogen) atoms. The summed E-state index contributed by atoms with van der Waals surface area (Å²) in [7, 11) is 0. The molecule has 1 amide bonds. The topological polar surface area (TPSA) is 66.4 Å². The highest BCUT2D eigenvalue weighted by Crippen LogP contribution is 2.44. The number of amides is 1. The molecule has 0 aliphatic heterocycles. The zero-order chi connectivity index (χ0) is 11.5. The molecule has 4 heteroatoms. The van der Waals surface area contributed by atoms with E-state index in [1.807, 2.05) is 6.92 Å². The first-order valence-electron chi connectivity index (χ1n) is 5.55. The van der Waals surface area contributed by atoms with E-state index in [0.717, 1.165) is 32.1 Å². The first kappa shape index (κ1) is 12.0. The number of carbonyl (C=O) groups is 2.